The fourth-order valence-electron chi connectivity index (χ4n) is 1.38. The van der Waals surface area contributed by atoms with E-state index in [0.29, 0.717) is 11.6 Å². The SMILES string of the molecule is CCCCSCNc1cn(C)c(=O)n(C)c1=O. The molecular weight excluding hydrogens is 238 g/mol. The molecule has 0 aliphatic carbocycles. The molecule has 0 saturated heterocycles. The summed E-state index contributed by atoms with van der Waals surface area (Å²) in [4.78, 5) is 23.2. The van der Waals surface area contributed by atoms with Gasteiger partial charge in [0, 0.05) is 20.3 Å². The number of thioether (sulfide) groups is 1. The zero-order valence-electron chi connectivity index (χ0n) is 10.5. The maximum Gasteiger partial charge on any atom is 0.330 e. The first-order chi connectivity index (χ1) is 8.07. The Bertz CT molecular complexity index is 479. The number of aromatic nitrogens is 2. The maximum absolute atomic E-state index is 11.7. The molecule has 1 aromatic heterocycles. The van der Waals surface area contributed by atoms with Crippen molar-refractivity contribution in [2.45, 2.75) is 19.8 Å². The summed E-state index contributed by atoms with van der Waals surface area (Å²) in [6, 6.07) is 0. The Morgan fingerprint density at radius 1 is 1.35 bits per heavy atom. The second kappa shape index (κ2) is 6.54. The average Bonchev–Trinajstić information content (AvgIpc) is 2.32. The Morgan fingerprint density at radius 2 is 2.06 bits per heavy atom. The molecule has 0 bridgehead atoms. The van der Waals surface area contributed by atoms with Gasteiger partial charge in [-0.2, -0.15) is 0 Å². The molecule has 0 aliphatic rings. The van der Waals surface area contributed by atoms with Gasteiger partial charge in [0.05, 0.1) is 5.88 Å². The van der Waals surface area contributed by atoms with Gasteiger partial charge in [0.1, 0.15) is 5.69 Å². The highest BCUT2D eigenvalue weighted by Gasteiger charge is 2.05. The predicted octanol–water partition coefficient (Wildman–Crippen LogP) is 0.987. The monoisotopic (exact) mass is 257 g/mol. The zero-order chi connectivity index (χ0) is 12.8. The van der Waals surface area contributed by atoms with Crippen LogP contribution in [0.2, 0.25) is 0 Å². The smallest absolute Gasteiger partial charge is 0.330 e. The lowest BCUT2D eigenvalue weighted by molar-refractivity contribution is 0.688. The van der Waals surface area contributed by atoms with Crippen molar-refractivity contribution in [2.24, 2.45) is 14.1 Å². The van der Waals surface area contributed by atoms with Crippen molar-refractivity contribution in [3.05, 3.63) is 27.0 Å². The molecule has 1 heterocycles. The molecule has 0 atom stereocenters. The molecule has 0 fully saturated rings. The van der Waals surface area contributed by atoms with Crippen molar-refractivity contribution >= 4 is 17.4 Å². The van der Waals surface area contributed by atoms with Crippen molar-refractivity contribution in [2.75, 3.05) is 16.9 Å². The van der Waals surface area contributed by atoms with Crippen LogP contribution in [0.15, 0.2) is 15.8 Å². The topological polar surface area (TPSA) is 56.0 Å². The van der Waals surface area contributed by atoms with Crippen LogP contribution in [0.3, 0.4) is 0 Å². The quantitative estimate of drug-likeness (QED) is 0.610. The van der Waals surface area contributed by atoms with Gasteiger partial charge in [-0.3, -0.25) is 9.36 Å². The highest BCUT2D eigenvalue weighted by atomic mass is 32.2. The van der Waals surface area contributed by atoms with Gasteiger partial charge in [-0.25, -0.2) is 4.79 Å². The van der Waals surface area contributed by atoms with Gasteiger partial charge in [0.25, 0.3) is 5.56 Å². The number of rotatable bonds is 6. The summed E-state index contributed by atoms with van der Waals surface area (Å²) in [6.45, 7) is 2.15. The summed E-state index contributed by atoms with van der Waals surface area (Å²) in [5, 5.41) is 3.05. The third-order valence-electron chi connectivity index (χ3n) is 2.45. The normalized spacial score (nSPS) is 10.5. The second-order valence-corrected chi connectivity index (χ2v) is 4.99. The van der Waals surface area contributed by atoms with E-state index >= 15 is 0 Å². The van der Waals surface area contributed by atoms with Gasteiger partial charge in [-0.15, -0.1) is 11.8 Å². The van der Waals surface area contributed by atoms with Gasteiger partial charge < -0.3 is 9.88 Å². The Balaban J connectivity index is 2.66. The van der Waals surface area contributed by atoms with Gasteiger partial charge in [-0.1, -0.05) is 13.3 Å². The summed E-state index contributed by atoms with van der Waals surface area (Å²) in [5.74, 6) is 1.77. The Labute approximate surface area is 105 Å². The molecule has 0 aromatic carbocycles. The number of nitrogens with one attached hydrogen (secondary N) is 1. The number of anilines is 1. The molecule has 0 saturated carbocycles. The molecule has 0 amide bonds. The molecule has 0 unspecified atom stereocenters. The van der Waals surface area contributed by atoms with E-state index in [2.05, 4.69) is 12.2 Å². The summed E-state index contributed by atoms with van der Waals surface area (Å²) in [5.41, 5.74) is -0.109. The largest absolute Gasteiger partial charge is 0.370 e. The number of hydrogen-bond acceptors (Lipinski definition) is 4. The average molecular weight is 257 g/mol. The molecule has 1 aromatic rings. The molecule has 0 spiro atoms. The van der Waals surface area contributed by atoms with Gasteiger partial charge in [0.2, 0.25) is 0 Å². The number of aryl methyl sites for hydroxylation is 1. The Morgan fingerprint density at radius 3 is 2.71 bits per heavy atom. The molecule has 5 nitrogen and oxygen atoms in total. The fourth-order valence-corrected chi connectivity index (χ4v) is 2.27. The van der Waals surface area contributed by atoms with Gasteiger partial charge in [-0.05, 0) is 12.2 Å². The first-order valence-corrected chi connectivity index (χ1v) is 6.81. The third kappa shape index (κ3) is 3.66. The summed E-state index contributed by atoms with van der Waals surface area (Å²) >= 11 is 1.75. The summed E-state index contributed by atoms with van der Waals surface area (Å²) in [6.07, 6.45) is 3.90. The highest BCUT2D eigenvalue weighted by molar-refractivity contribution is 7.99. The number of nitrogens with zero attached hydrogens (tertiary/aromatic N) is 2. The van der Waals surface area contributed by atoms with Crippen LogP contribution in [-0.4, -0.2) is 20.8 Å². The molecule has 1 N–H and O–H groups in total. The van der Waals surface area contributed by atoms with Crippen molar-refractivity contribution in [3.8, 4) is 0 Å². The van der Waals surface area contributed by atoms with E-state index in [4.69, 9.17) is 0 Å². The van der Waals surface area contributed by atoms with Crippen molar-refractivity contribution < 1.29 is 0 Å². The first kappa shape index (κ1) is 13.9. The van der Waals surface area contributed by atoms with Crippen LogP contribution in [0.4, 0.5) is 5.69 Å². The van der Waals surface area contributed by atoms with E-state index in [1.807, 2.05) is 0 Å². The summed E-state index contributed by atoms with van der Waals surface area (Å²) in [7, 11) is 3.12. The van der Waals surface area contributed by atoms with Crippen molar-refractivity contribution in [3.63, 3.8) is 0 Å². The van der Waals surface area contributed by atoms with E-state index < -0.39 is 0 Å². The van der Waals surface area contributed by atoms with Crippen LogP contribution in [0, 0.1) is 0 Å². The van der Waals surface area contributed by atoms with Crippen LogP contribution in [-0.2, 0) is 14.1 Å². The van der Waals surface area contributed by atoms with E-state index in [0.717, 1.165) is 10.3 Å². The molecule has 0 radical (unpaired) electrons. The van der Waals surface area contributed by atoms with Gasteiger partial charge >= 0.3 is 5.69 Å². The number of hydrogen-bond donors (Lipinski definition) is 1. The molecule has 1 rings (SSSR count). The third-order valence-corrected chi connectivity index (χ3v) is 3.38. The Hall–Kier alpha value is -1.17. The lowest BCUT2D eigenvalue weighted by Gasteiger charge is -2.08. The Kier molecular flexibility index (Phi) is 5.34. The molecule has 17 heavy (non-hydrogen) atoms. The van der Waals surface area contributed by atoms with Crippen LogP contribution >= 0.6 is 11.8 Å². The standard InChI is InChI=1S/C11H19N3O2S/c1-4-5-6-17-8-12-9-7-13(2)11(16)14(3)10(9)15/h7,12H,4-6,8H2,1-3H3. The molecular formula is C11H19N3O2S. The van der Waals surface area contributed by atoms with E-state index in [1.165, 1.54) is 24.5 Å². The van der Waals surface area contributed by atoms with Gasteiger partial charge in [0.15, 0.2) is 0 Å². The van der Waals surface area contributed by atoms with E-state index in [-0.39, 0.29) is 11.2 Å². The lowest BCUT2D eigenvalue weighted by atomic mass is 10.4. The van der Waals surface area contributed by atoms with E-state index in [1.54, 1.807) is 25.0 Å². The molecule has 0 aliphatic heterocycles. The van der Waals surface area contributed by atoms with Crippen LogP contribution in [0.5, 0.6) is 0 Å². The van der Waals surface area contributed by atoms with Crippen LogP contribution in [0.25, 0.3) is 0 Å². The minimum Gasteiger partial charge on any atom is -0.370 e. The molecule has 96 valence electrons. The minimum absolute atomic E-state index is 0.274. The minimum atomic E-state index is -0.306. The lowest BCUT2D eigenvalue weighted by Crippen LogP contribution is -2.37. The van der Waals surface area contributed by atoms with Crippen molar-refractivity contribution in [1.29, 1.82) is 0 Å². The van der Waals surface area contributed by atoms with Crippen LogP contribution in [0.1, 0.15) is 19.8 Å². The number of unbranched alkanes of at least 4 members (excludes halogenated alkanes) is 1. The predicted molar refractivity (Wildman–Crippen MR) is 72.8 cm³/mol. The van der Waals surface area contributed by atoms with Crippen molar-refractivity contribution in [1.82, 2.24) is 9.13 Å². The molecule has 6 heteroatoms. The summed E-state index contributed by atoms with van der Waals surface area (Å²) < 4.78 is 2.51. The van der Waals surface area contributed by atoms with Crippen LogP contribution < -0.4 is 16.6 Å². The highest BCUT2D eigenvalue weighted by Crippen LogP contribution is 2.05. The fraction of sp³-hybridized carbons (Fsp3) is 0.636. The maximum atomic E-state index is 11.7. The first-order valence-electron chi connectivity index (χ1n) is 5.66. The zero-order valence-corrected chi connectivity index (χ0v) is 11.3. The van der Waals surface area contributed by atoms with E-state index in [9.17, 15) is 9.59 Å². The second-order valence-electron chi connectivity index (χ2n) is 3.88.